The van der Waals surface area contributed by atoms with Crippen LogP contribution < -0.4 is 5.32 Å². The summed E-state index contributed by atoms with van der Waals surface area (Å²) in [5, 5.41) is 11.6. The van der Waals surface area contributed by atoms with Gasteiger partial charge < -0.3 is 10.2 Å². The van der Waals surface area contributed by atoms with E-state index in [0.29, 0.717) is 6.42 Å². The van der Waals surface area contributed by atoms with Crippen molar-refractivity contribution in [1.82, 2.24) is 5.32 Å². The van der Waals surface area contributed by atoms with Gasteiger partial charge in [-0.25, -0.2) is 0 Å². The molecule has 0 atom stereocenters. The van der Waals surface area contributed by atoms with Gasteiger partial charge in [-0.2, -0.15) is 0 Å². The molecule has 0 unspecified atom stereocenters. The highest BCUT2D eigenvalue weighted by Crippen LogP contribution is 1.79. The summed E-state index contributed by atoms with van der Waals surface area (Å²) in [6, 6.07) is 0. The zero-order valence-corrected chi connectivity index (χ0v) is 5.29. The molecule has 0 amide bonds. The van der Waals surface area contributed by atoms with E-state index < -0.39 is 5.09 Å². The van der Waals surface area contributed by atoms with Gasteiger partial charge in [-0.1, -0.05) is 0 Å². The second-order valence-corrected chi connectivity index (χ2v) is 1.51. The molecule has 0 aliphatic heterocycles. The topological polar surface area (TPSA) is 64.4 Å². The van der Waals surface area contributed by atoms with E-state index in [1.54, 1.807) is 7.05 Å². The monoisotopic (exact) mass is 134 g/mol. The van der Waals surface area contributed by atoms with Crippen molar-refractivity contribution in [1.29, 1.82) is 0 Å². The van der Waals surface area contributed by atoms with Gasteiger partial charge in [0.05, 0.1) is 6.61 Å². The van der Waals surface area contributed by atoms with Crippen molar-refractivity contribution in [2.24, 2.45) is 0 Å². The molecule has 0 fully saturated rings. The highest BCUT2D eigenvalue weighted by Gasteiger charge is 1.91. The van der Waals surface area contributed by atoms with Crippen LogP contribution in [0.15, 0.2) is 0 Å². The smallest absolute Gasteiger partial charge is 0.294 e. The van der Waals surface area contributed by atoms with Crippen LogP contribution in [0, 0.1) is 10.1 Å². The Morgan fingerprint density at radius 1 is 1.78 bits per heavy atom. The van der Waals surface area contributed by atoms with E-state index in [2.05, 4.69) is 10.2 Å². The van der Waals surface area contributed by atoms with E-state index in [4.69, 9.17) is 0 Å². The molecule has 5 heteroatoms. The van der Waals surface area contributed by atoms with Gasteiger partial charge in [0.25, 0.3) is 5.09 Å². The fourth-order valence-electron chi connectivity index (χ4n) is 0.388. The average molecular weight is 134 g/mol. The van der Waals surface area contributed by atoms with Crippen molar-refractivity contribution in [3.8, 4) is 0 Å². The van der Waals surface area contributed by atoms with Crippen LogP contribution in [0.2, 0.25) is 0 Å². The van der Waals surface area contributed by atoms with Gasteiger partial charge in [-0.3, -0.25) is 0 Å². The quantitative estimate of drug-likeness (QED) is 0.321. The number of rotatable bonds is 5. The van der Waals surface area contributed by atoms with Crippen molar-refractivity contribution in [3.05, 3.63) is 10.1 Å². The summed E-state index contributed by atoms with van der Waals surface area (Å²) in [7, 11) is 1.78. The largest absolute Gasteiger partial charge is 0.320 e. The minimum Gasteiger partial charge on any atom is -0.320 e. The standard InChI is InChI=1S/C4H10N2O3/c1-5-3-2-4-9-6(7)8/h5H,2-4H2,1H3. The molecule has 0 saturated carbocycles. The third kappa shape index (κ3) is 7.16. The zero-order chi connectivity index (χ0) is 7.11. The molecule has 0 spiro atoms. The summed E-state index contributed by atoms with van der Waals surface area (Å²) in [5.74, 6) is 0. The molecule has 0 bridgehead atoms. The summed E-state index contributed by atoms with van der Waals surface area (Å²) in [6.45, 7) is 0.918. The lowest BCUT2D eigenvalue weighted by Crippen LogP contribution is -2.12. The van der Waals surface area contributed by atoms with Crippen molar-refractivity contribution in [2.75, 3.05) is 20.2 Å². The van der Waals surface area contributed by atoms with Gasteiger partial charge in [0, 0.05) is 0 Å². The molecule has 5 nitrogen and oxygen atoms in total. The Labute approximate surface area is 53.1 Å². The fourth-order valence-corrected chi connectivity index (χ4v) is 0.388. The molecular weight excluding hydrogens is 124 g/mol. The lowest BCUT2D eigenvalue weighted by Gasteiger charge is -1.96. The summed E-state index contributed by atoms with van der Waals surface area (Å²) >= 11 is 0. The van der Waals surface area contributed by atoms with Crippen LogP contribution in [-0.4, -0.2) is 25.3 Å². The molecule has 9 heavy (non-hydrogen) atoms. The summed E-state index contributed by atoms with van der Waals surface area (Å²) in [6.07, 6.45) is 0.664. The van der Waals surface area contributed by atoms with E-state index in [0.717, 1.165) is 6.54 Å². The van der Waals surface area contributed by atoms with Crippen molar-refractivity contribution >= 4 is 0 Å². The first-order valence-electron chi connectivity index (χ1n) is 2.69. The lowest BCUT2D eigenvalue weighted by atomic mass is 10.5. The number of hydrogen-bond acceptors (Lipinski definition) is 4. The molecule has 1 N–H and O–H groups in total. The third-order valence-electron chi connectivity index (χ3n) is 0.768. The summed E-state index contributed by atoms with van der Waals surface area (Å²) in [5.41, 5.74) is 0. The maximum absolute atomic E-state index is 9.53. The molecule has 54 valence electrons. The van der Waals surface area contributed by atoms with Crippen LogP contribution >= 0.6 is 0 Å². The van der Waals surface area contributed by atoms with Crippen LogP contribution in [0.5, 0.6) is 0 Å². The molecule has 0 aromatic heterocycles. The first kappa shape index (κ1) is 8.16. The lowest BCUT2D eigenvalue weighted by molar-refractivity contribution is -0.757. The minimum atomic E-state index is -0.782. The Morgan fingerprint density at radius 3 is 2.89 bits per heavy atom. The van der Waals surface area contributed by atoms with E-state index in [1.165, 1.54) is 0 Å². The minimum absolute atomic E-state index is 0.174. The van der Waals surface area contributed by atoms with Crippen LogP contribution in [-0.2, 0) is 4.84 Å². The Kier molecular flexibility index (Phi) is 4.81. The highest BCUT2D eigenvalue weighted by atomic mass is 16.9. The maximum Gasteiger partial charge on any atom is 0.294 e. The molecule has 0 aliphatic carbocycles. The van der Waals surface area contributed by atoms with Gasteiger partial charge in [0.2, 0.25) is 0 Å². The molecule has 0 heterocycles. The Balaban J connectivity index is 2.83. The average Bonchev–Trinajstić information content (AvgIpc) is 1.80. The SMILES string of the molecule is CNCCCO[N+](=O)[O-]. The van der Waals surface area contributed by atoms with Gasteiger partial charge in [-0.15, -0.1) is 10.1 Å². The fraction of sp³-hybridized carbons (Fsp3) is 1.00. The second-order valence-electron chi connectivity index (χ2n) is 1.51. The van der Waals surface area contributed by atoms with E-state index in [1.807, 2.05) is 0 Å². The Morgan fingerprint density at radius 2 is 2.44 bits per heavy atom. The van der Waals surface area contributed by atoms with Gasteiger partial charge in [0.15, 0.2) is 0 Å². The van der Waals surface area contributed by atoms with E-state index >= 15 is 0 Å². The first-order valence-corrected chi connectivity index (χ1v) is 2.69. The first-order chi connectivity index (χ1) is 4.27. The summed E-state index contributed by atoms with van der Waals surface area (Å²) < 4.78 is 0. The zero-order valence-electron chi connectivity index (χ0n) is 5.29. The van der Waals surface area contributed by atoms with E-state index in [-0.39, 0.29) is 6.61 Å². The highest BCUT2D eigenvalue weighted by molar-refractivity contribution is 4.35. The van der Waals surface area contributed by atoms with Crippen molar-refractivity contribution < 1.29 is 9.92 Å². The second kappa shape index (κ2) is 5.30. The van der Waals surface area contributed by atoms with E-state index in [9.17, 15) is 10.1 Å². The van der Waals surface area contributed by atoms with Gasteiger partial charge >= 0.3 is 0 Å². The normalized spacial score (nSPS) is 9.00. The van der Waals surface area contributed by atoms with Gasteiger partial charge in [-0.05, 0) is 20.0 Å². The number of nitrogens with one attached hydrogen (secondary N) is 1. The molecule has 0 aromatic rings. The molecule has 0 rings (SSSR count). The molecule has 0 aliphatic rings. The van der Waals surface area contributed by atoms with Crippen LogP contribution in [0.4, 0.5) is 0 Å². The molecular formula is C4H10N2O3. The van der Waals surface area contributed by atoms with Gasteiger partial charge in [0.1, 0.15) is 0 Å². The molecule has 0 saturated heterocycles. The Hall–Kier alpha value is -0.840. The molecule has 0 radical (unpaired) electrons. The third-order valence-corrected chi connectivity index (χ3v) is 0.768. The Bertz CT molecular complexity index is 85.9. The number of hydrogen-bond donors (Lipinski definition) is 1. The maximum atomic E-state index is 9.53. The van der Waals surface area contributed by atoms with Crippen LogP contribution in [0.1, 0.15) is 6.42 Å². The number of nitrogens with zero attached hydrogens (tertiary/aromatic N) is 1. The van der Waals surface area contributed by atoms with Crippen LogP contribution in [0.25, 0.3) is 0 Å². The van der Waals surface area contributed by atoms with Crippen molar-refractivity contribution in [2.45, 2.75) is 6.42 Å². The predicted octanol–water partition coefficient (Wildman–Crippen LogP) is -0.196. The predicted molar refractivity (Wildman–Crippen MR) is 31.5 cm³/mol. The van der Waals surface area contributed by atoms with Crippen LogP contribution in [0.3, 0.4) is 0 Å². The summed E-state index contributed by atoms with van der Waals surface area (Å²) in [4.78, 5) is 13.6. The molecule has 0 aromatic carbocycles. The van der Waals surface area contributed by atoms with Crippen molar-refractivity contribution in [3.63, 3.8) is 0 Å².